The fraction of sp³-hybridized carbons (Fsp3) is 0.450. The van der Waals surface area contributed by atoms with Gasteiger partial charge in [-0.05, 0) is 36.0 Å². The molecule has 0 aliphatic carbocycles. The first-order chi connectivity index (χ1) is 11.9. The normalized spacial score (nSPS) is 18.0. The Hall–Kier alpha value is -2.43. The van der Waals surface area contributed by atoms with Crippen molar-refractivity contribution in [2.75, 3.05) is 23.3 Å². The summed E-state index contributed by atoms with van der Waals surface area (Å²) in [5.74, 6) is 0.734. The Morgan fingerprint density at radius 3 is 2.60 bits per heavy atom. The van der Waals surface area contributed by atoms with Gasteiger partial charge in [0.15, 0.2) is 0 Å². The van der Waals surface area contributed by atoms with Gasteiger partial charge < -0.3 is 10.2 Å². The van der Waals surface area contributed by atoms with Crippen LogP contribution in [0.25, 0.3) is 0 Å². The van der Waals surface area contributed by atoms with Crippen LogP contribution in [0.5, 0.6) is 0 Å². The lowest BCUT2D eigenvalue weighted by atomic mass is 9.85. The molecular weight excluding hydrogens is 312 g/mol. The van der Waals surface area contributed by atoms with Gasteiger partial charge in [-0.15, -0.1) is 0 Å². The molecule has 3 rings (SSSR count). The monoisotopic (exact) mass is 338 g/mol. The van der Waals surface area contributed by atoms with Gasteiger partial charge in [-0.25, -0.2) is 9.97 Å². The van der Waals surface area contributed by atoms with E-state index in [9.17, 15) is 4.79 Å². The third-order valence-electron chi connectivity index (χ3n) is 4.62. The molecule has 0 bridgehead atoms. The minimum atomic E-state index is -0.0504. The number of hydrogen-bond donors (Lipinski definition) is 1. The van der Waals surface area contributed by atoms with Gasteiger partial charge in [-0.1, -0.05) is 39.0 Å². The summed E-state index contributed by atoms with van der Waals surface area (Å²) in [6.45, 7) is 8.03. The van der Waals surface area contributed by atoms with E-state index in [4.69, 9.17) is 0 Å². The Labute approximate surface area is 149 Å². The summed E-state index contributed by atoms with van der Waals surface area (Å²) in [5, 5.41) is 3.15. The van der Waals surface area contributed by atoms with E-state index in [2.05, 4.69) is 47.0 Å². The highest BCUT2D eigenvalue weighted by Crippen LogP contribution is 2.30. The molecule has 1 atom stereocenters. The molecule has 1 amide bonds. The maximum absolute atomic E-state index is 12.8. The first-order valence-electron chi connectivity index (χ1n) is 8.87. The number of piperidine rings is 1. The van der Waals surface area contributed by atoms with Gasteiger partial charge in [-0.2, -0.15) is 0 Å². The van der Waals surface area contributed by atoms with Gasteiger partial charge >= 0.3 is 0 Å². The minimum Gasteiger partial charge on any atom is -0.340 e. The standard InChI is InChI=1S/C20H26N4O/c1-20(2,3)16-9-4-5-10-17(16)23-18(25)15-8-6-13-24(14-15)19-21-11-7-12-22-19/h4-5,7,9-12,15H,6,8,13-14H2,1-3H3,(H,23,25). The van der Waals surface area contributed by atoms with Crippen LogP contribution in [-0.2, 0) is 10.2 Å². The number of hydrogen-bond acceptors (Lipinski definition) is 4. The summed E-state index contributed by atoms with van der Waals surface area (Å²) < 4.78 is 0. The van der Waals surface area contributed by atoms with E-state index in [1.165, 1.54) is 0 Å². The van der Waals surface area contributed by atoms with Crippen LogP contribution in [0.15, 0.2) is 42.7 Å². The molecule has 25 heavy (non-hydrogen) atoms. The fourth-order valence-electron chi connectivity index (χ4n) is 3.31. The van der Waals surface area contributed by atoms with Gasteiger partial charge in [0.05, 0.1) is 5.92 Å². The van der Waals surface area contributed by atoms with Crippen LogP contribution in [-0.4, -0.2) is 29.0 Å². The predicted octanol–water partition coefficient (Wildman–Crippen LogP) is 3.63. The molecular formula is C20H26N4O. The molecule has 1 unspecified atom stereocenters. The molecule has 0 saturated carbocycles. The Balaban J connectivity index is 1.72. The Morgan fingerprint density at radius 1 is 1.16 bits per heavy atom. The first kappa shape index (κ1) is 17.4. The van der Waals surface area contributed by atoms with Crippen LogP contribution in [0.2, 0.25) is 0 Å². The molecule has 132 valence electrons. The second-order valence-corrected chi connectivity index (χ2v) is 7.62. The molecule has 2 heterocycles. The van der Waals surface area contributed by atoms with Gasteiger partial charge in [-0.3, -0.25) is 4.79 Å². The number of carbonyl (C=O) groups excluding carboxylic acids is 1. The van der Waals surface area contributed by atoms with Crippen molar-refractivity contribution in [3.05, 3.63) is 48.3 Å². The highest BCUT2D eigenvalue weighted by molar-refractivity contribution is 5.94. The summed E-state index contributed by atoms with van der Waals surface area (Å²) in [6, 6.07) is 9.86. The average Bonchev–Trinajstić information content (AvgIpc) is 2.62. The van der Waals surface area contributed by atoms with Crippen LogP contribution >= 0.6 is 0 Å². The highest BCUT2D eigenvalue weighted by Gasteiger charge is 2.28. The zero-order valence-electron chi connectivity index (χ0n) is 15.2. The number of para-hydroxylation sites is 1. The van der Waals surface area contributed by atoms with Crippen LogP contribution in [0.1, 0.15) is 39.2 Å². The lowest BCUT2D eigenvalue weighted by Gasteiger charge is -2.32. The van der Waals surface area contributed by atoms with Crippen LogP contribution < -0.4 is 10.2 Å². The predicted molar refractivity (Wildman–Crippen MR) is 101 cm³/mol. The van der Waals surface area contributed by atoms with Crippen molar-refractivity contribution in [1.82, 2.24) is 9.97 Å². The largest absolute Gasteiger partial charge is 0.340 e. The van der Waals surface area contributed by atoms with E-state index in [0.29, 0.717) is 12.5 Å². The third-order valence-corrected chi connectivity index (χ3v) is 4.62. The number of carbonyl (C=O) groups is 1. The number of nitrogens with zero attached hydrogens (tertiary/aromatic N) is 3. The van der Waals surface area contributed by atoms with Crippen LogP contribution in [0, 0.1) is 5.92 Å². The molecule has 5 heteroatoms. The molecule has 0 spiro atoms. The zero-order chi connectivity index (χ0) is 17.9. The molecule has 1 fully saturated rings. The summed E-state index contributed by atoms with van der Waals surface area (Å²) >= 11 is 0. The number of aromatic nitrogens is 2. The number of nitrogens with one attached hydrogen (secondary N) is 1. The van der Waals surface area contributed by atoms with Crippen molar-refractivity contribution in [3.8, 4) is 0 Å². The van der Waals surface area contributed by atoms with Crippen molar-refractivity contribution in [2.45, 2.75) is 39.0 Å². The second kappa shape index (κ2) is 7.21. The smallest absolute Gasteiger partial charge is 0.229 e. The van der Waals surface area contributed by atoms with Gasteiger partial charge in [0, 0.05) is 31.2 Å². The number of anilines is 2. The zero-order valence-corrected chi connectivity index (χ0v) is 15.2. The SMILES string of the molecule is CC(C)(C)c1ccccc1NC(=O)C1CCCN(c2ncccn2)C1. The summed E-state index contributed by atoms with van der Waals surface area (Å²) in [5.41, 5.74) is 2.05. The summed E-state index contributed by atoms with van der Waals surface area (Å²) in [7, 11) is 0. The Kier molecular flexibility index (Phi) is 5.02. The topological polar surface area (TPSA) is 58.1 Å². The average molecular weight is 338 g/mol. The molecule has 5 nitrogen and oxygen atoms in total. The van der Waals surface area contributed by atoms with Crippen molar-refractivity contribution >= 4 is 17.5 Å². The Bertz CT molecular complexity index is 724. The fourth-order valence-corrected chi connectivity index (χ4v) is 3.31. The number of amides is 1. The highest BCUT2D eigenvalue weighted by atomic mass is 16.1. The summed E-state index contributed by atoms with van der Waals surface area (Å²) in [6.07, 6.45) is 5.35. The maximum Gasteiger partial charge on any atom is 0.229 e. The molecule has 1 aliphatic heterocycles. The van der Waals surface area contributed by atoms with Gasteiger partial charge in [0.1, 0.15) is 0 Å². The van der Waals surface area contributed by atoms with Gasteiger partial charge in [0.2, 0.25) is 11.9 Å². The quantitative estimate of drug-likeness (QED) is 0.928. The molecule has 1 saturated heterocycles. The van der Waals surface area contributed by atoms with Crippen molar-refractivity contribution in [2.24, 2.45) is 5.92 Å². The summed E-state index contributed by atoms with van der Waals surface area (Å²) in [4.78, 5) is 23.6. The van der Waals surface area contributed by atoms with Crippen LogP contribution in [0.3, 0.4) is 0 Å². The maximum atomic E-state index is 12.8. The van der Waals surface area contributed by atoms with E-state index in [0.717, 1.165) is 30.6 Å². The van der Waals surface area contributed by atoms with E-state index in [-0.39, 0.29) is 17.2 Å². The van der Waals surface area contributed by atoms with Gasteiger partial charge in [0.25, 0.3) is 0 Å². The number of benzene rings is 1. The molecule has 1 aliphatic rings. The van der Waals surface area contributed by atoms with Crippen molar-refractivity contribution in [3.63, 3.8) is 0 Å². The lowest BCUT2D eigenvalue weighted by Crippen LogP contribution is -2.41. The van der Waals surface area contributed by atoms with E-state index in [1.807, 2.05) is 18.2 Å². The lowest BCUT2D eigenvalue weighted by molar-refractivity contribution is -0.120. The molecule has 1 N–H and O–H groups in total. The Morgan fingerprint density at radius 2 is 1.88 bits per heavy atom. The minimum absolute atomic E-state index is 0.0135. The molecule has 1 aromatic heterocycles. The molecule has 0 radical (unpaired) electrons. The molecule has 1 aromatic carbocycles. The number of rotatable bonds is 3. The van der Waals surface area contributed by atoms with Crippen molar-refractivity contribution in [1.29, 1.82) is 0 Å². The third kappa shape index (κ3) is 4.16. The van der Waals surface area contributed by atoms with Crippen molar-refractivity contribution < 1.29 is 4.79 Å². The van der Waals surface area contributed by atoms with E-state index < -0.39 is 0 Å². The van der Waals surface area contributed by atoms with E-state index in [1.54, 1.807) is 18.5 Å². The molecule has 2 aromatic rings. The van der Waals surface area contributed by atoms with Crippen LogP contribution in [0.4, 0.5) is 11.6 Å². The second-order valence-electron chi connectivity index (χ2n) is 7.62. The van der Waals surface area contributed by atoms with E-state index >= 15 is 0 Å². The first-order valence-corrected chi connectivity index (χ1v) is 8.87.